The molecule has 0 bridgehead atoms. The highest BCUT2D eigenvalue weighted by molar-refractivity contribution is 6.04. The van der Waals surface area contributed by atoms with E-state index in [0.717, 1.165) is 11.3 Å². The highest BCUT2D eigenvalue weighted by Crippen LogP contribution is 2.23. The summed E-state index contributed by atoms with van der Waals surface area (Å²) in [4.78, 5) is 12.6. The molecule has 1 amide bonds. The Morgan fingerprint density at radius 1 is 1.08 bits per heavy atom. The molecule has 0 unspecified atom stereocenters. The van der Waals surface area contributed by atoms with Gasteiger partial charge in [-0.3, -0.25) is 4.79 Å². The van der Waals surface area contributed by atoms with Crippen LogP contribution in [0.5, 0.6) is 0 Å². The minimum absolute atomic E-state index is 0.0183. The molecule has 1 aromatic carbocycles. The zero-order valence-corrected chi connectivity index (χ0v) is 14.8. The van der Waals surface area contributed by atoms with Gasteiger partial charge in [0.1, 0.15) is 5.82 Å². The number of nitrogens with one attached hydrogen (secondary N) is 1. The number of carbonyl (C=O) groups excluding carboxylic acids is 1. The van der Waals surface area contributed by atoms with E-state index in [1.807, 2.05) is 37.3 Å². The van der Waals surface area contributed by atoms with E-state index in [0.29, 0.717) is 17.2 Å². The SMILES string of the molecule is Cc1ccc(-n2nccc2NC(=O)c2cccc(C(C)(C)C)c2)nn1. The monoisotopic (exact) mass is 335 g/mol. The molecule has 6 nitrogen and oxygen atoms in total. The van der Waals surface area contributed by atoms with Crippen LogP contribution in [0.1, 0.15) is 42.4 Å². The number of rotatable bonds is 3. The van der Waals surface area contributed by atoms with E-state index in [1.165, 1.54) is 0 Å². The average Bonchev–Trinajstić information content (AvgIpc) is 3.03. The van der Waals surface area contributed by atoms with Gasteiger partial charge in [-0.25, -0.2) is 0 Å². The van der Waals surface area contributed by atoms with Crippen molar-refractivity contribution in [3.05, 3.63) is 65.5 Å². The first-order valence-corrected chi connectivity index (χ1v) is 8.11. The molecule has 0 spiro atoms. The van der Waals surface area contributed by atoms with Gasteiger partial charge in [-0.1, -0.05) is 32.9 Å². The van der Waals surface area contributed by atoms with Gasteiger partial charge in [0, 0.05) is 11.6 Å². The molecule has 1 N–H and O–H groups in total. The van der Waals surface area contributed by atoms with Gasteiger partial charge in [-0.2, -0.15) is 14.9 Å². The van der Waals surface area contributed by atoms with Crippen LogP contribution in [0, 0.1) is 6.92 Å². The molecule has 2 heterocycles. The van der Waals surface area contributed by atoms with Gasteiger partial charge in [0.15, 0.2) is 5.82 Å². The van der Waals surface area contributed by atoms with Crippen LogP contribution in [0.15, 0.2) is 48.7 Å². The predicted octanol–water partition coefficient (Wildman–Crippen LogP) is 3.52. The molecular formula is C19H21N5O. The average molecular weight is 335 g/mol. The van der Waals surface area contributed by atoms with Crippen LogP contribution in [0.25, 0.3) is 5.82 Å². The smallest absolute Gasteiger partial charge is 0.256 e. The van der Waals surface area contributed by atoms with E-state index in [9.17, 15) is 4.79 Å². The Hall–Kier alpha value is -3.02. The standard InChI is InChI=1S/C19H21N5O/c1-13-8-9-17(23-22-13)24-16(10-11-20-24)21-18(25)14-6-5-7-15(12-14)19(2,3)4/h5-12H,1-4H3,(H,21,25). The first-order valence-electron chi connectivity index (χ1n) is 8.11. The highest BCUT2D eigenvalue weighted by atomic mass is 16.1. The van der Waals surface area contributed by atoms with Crippen molar-refractivity contribution in [1.82, 2.24) is 20.0 Å². The van der Waals surface area contributed by atoms with E-state index >= 15 is 0 Å². The number of benzene rings is 1. The summed E-state index contributed by atoms with van der Waals surface area (Å²) in [5.74, 6) is 0.909. The third-order valence-electron chi connectivity index (χ3n) is 3.88. The molecule has 0 atom stereocenters. The van der Waals surface area contributed by atoms with Crippen LogP contribution in [0.2, 0.25) is 0 Å². The normalized spacial score (nSPS) is 11.4. The minimum Gasteiger partial charge on any atom is -0.306 e. The van der Waals surface area contributed by atoms with Gasteiger partial charge in [0.2, 0.25) is 0 Å². The van der Waals surface area contributed by atoms with Crippen LogP contribution in [-0.2, 0) is 5.41 Å². The van der Waals surface area contributed by atoms with Crippen LogP contribution >= 0.6 is 0 Å². The summed E-state index contributed by atoms with van der Waals surface area (Å²) >= 11 is 0. The van der Waals surface area contributed by atoms with Crippen LogP contribution in [0.3, 0.4) is 0 Å². The number of hydrogen-bond acceptors (Lipinski definition) is 4. The molecule has 2 aromatic heterocycles. The molecule has 6 heteroatoms. The lowest BCUT2D eigenvalue weighted by atomic mass is 9.86. The topological polar surface area (TPSA) is 72.7 Å². The number of hydrogen-bond donors (Lipinski definition) is 1. The Kier molecular flexibility index (Phi) is 4.35. The molecule has 0 saturated heterocycles. The fourth-order valence-electron chi connectivity index (χ4n) is 2.40. The van der Waals surface area contributed by atoms with Gasteiger partial charge in [0.05, 0.1) is 11.9 Å². The minimum atomic E-state index is -0.187. The lowest BCUT2D eigenvalue weighted by molar-refractivity contribution is 0.102. The zero-order chi connectivity index (χ0) is 18.0. The lowest BCUT2D eigenvalue weighted by Gasteiger charge is -2.19. The van der Waals surface area contributed by atoms with Gasteiger partial charge in [0.25, 0.3) is 5.91 Å². The van der Waals surface area contributed by atoms with Gasteiger partial charge in [-0.15, -0.1) is 5.10 Å². The summed E-state index contributed by atoms with van der Waals surface area (Å²) in [5.41, 5.74) is 2.52. The second-order valence-corrected chi connectivity index (χ2v) is 6.95. The fraction of sp³-hybridized carbons (Fsp3) is 0.263. The van der Waals surface area contributed by atoms with Gasteiger partial charge < -0.3 is 5.32 Å². The maximum absolute atomic E-state index is 12.6. The fourth-order valence-corrected chi connectivity index (χ4v) is 2.40. The van der Waals surface area contributed by atoms with Crippen molar-refractivity contribution in [3.63, 3.8) is 0 Å². The first-order chi connectivity index (χ1) is 11.8. The number of carbonyl (C=O) groups is 1. The molecule has 128 valence electrons. The summed E-state index contributed by atoms with van der Waals surface area (Å²) < 4.78 is 1.55. The summed E-state index contributed by atoms with van der Waals surface area (Å²) in [6, 6.07) is 13.0. The van der Waals surface area contributed by atoms with Crippen molar-refractivity contribution in [2.75, 3.05) is 5.32 Å². The number of nitrogens with zero attached hydrogens (tertiary/aromatic N) is 4. The quantitative estimate of drug-likeness (QED) is 0.795. The van der Waals surface area contributed by atoms with E-state index in [1.54, 1.807) is 23.0 Å². The number of anilines is 1. The molecule has 0 radical (unpaired) electrons. The summed E-state index contributed by atoms with van der Waals surface area (Å²) in [6.07, 6.45) is 1.61. The molecule has 3 rings (SSSR count). The Morgan fingerprint density at radius 3 is 2.56 bits per heavy atom. The molecule has 25 heavy (non-hydrogen) atoms. The Balaban J connectivity index is 1.85. The number of amides is 1. The second kappa shape index (κ2) is 6.47. The van der Waals surface area contributed by atoms with E-state index in [4.69, 9.17) is 0 Å². The Morgan fingerprint density at radius 2 is 1.88 bits per heavy atom. The zero-order valence-electron chi connectivity index (χ0n) is 14.8. The van der Waals surface area contributed by atoms with E-state index in [-0.39, 0.29) is 11.3 Å². The van der Waals surface area contributed by atoms with Gasteiger partial charge >= 0.3 is 0 Å². The molecule has 0 aliphatic heterocycles. The molecule has 0 fully saturated rings. The largest absolute Gasteiger partial charge is 0.306 e. The van der Waals surface area contributed by atoms with Crippen LogP contribution in [0.4, 0.5) is 5.82 Å². The number of aryl methyl sites for hydroxylation is 1. The second-order valence-electron chi connectivity index (χ2n) is 6.95. The Bertz CT molecular complexity index is 891. The maximum atomic E-state index is 12.6. The summed E-state index contributed by atoms with van der Waals surface area (Å²) in [6.45, 7) is 8.23. The molecule has 0 aliphatic carbocycles. The first kappa shape index (κ1) is 16.8. The van der Waals surface area contributed by atoms with Crippen molar-refractivity contribution in [3.8, 4) is 5.82 Å². The molecule has 3 aromatic rings. The third-order valence-corrected chi connectivity index (χ3v) is 3.88. The molecule has 0 saturated carbocycles. The highest BCUT2D eigenvalue weighted by Gasteiger charge is 2.17. The maximum Gasteiger partial charge on any atom is 0.256 e. The summed E-state index contributed by atoms with van der Waals surface area (Å²) in [5, 5.41) is 15.2. The van der Waals surface area contributed by atoms with E-state index < -0.39 is 0 Å². The third kappa shape index (κ3) is 3.74. The van der Waals surface area contributed by atoms with Crippen molar-refractivity contribution in [2.24, 2.45) is 0 Å². The number of aromatic nitrogens is 4. The van der Waals surface area contributed by atoms with Crippen LogP contribution in [-0.4, -0.2) is 25.9 Å². The predicted molar refractivity (Wildman–Crippen MR) is 97.0 cm³/mol. The lowest BCUT2D eigenvalue weighted by Crippen LogP contribution is -2.17. The van der Waals surface area contributed by atoms with Gasteiger partial charge in [-0.05, 0) is 42.2 Å². The Labute approximate surface area is 146 Å². The van der Waals surface area contributed by atoms with E-state index in [2.05, 4.69) is 41.4 Å². The molecular weight excluding hydrogens is 314 g/mol. The van der Waals surface area contributed by atoms with Crippen molar-refractivity contribution < 1.29 is 4.79 Å². The van der Waals surface area contributed by atoms with Crippen molar-refractivity contribution >= 4 is 11.7 Å². The summed E-state index contributed by atoms with van der Waals surface area (Å²) in [7, 11) is 0. The van der Waals surface area contributed by atoms with Crippen molar-refractivity contribution in [1.29, 1.82) is 0 Å². The molecule has 0 aliphatic rings. The van der Waals surface area contributed by atoms with Crippen LogP contribution < -0.4 is 5.32 Å². The van der Waals surface area contributed by atoms with Crippen molar-refractivity contribution in [2.45, 2.75) is 33.1 Å².